The highest BCUT2D eigenvalue weighted by atomic mass is 32.2. The lowest BCUT2D eigenvalue weighted by Gasteiger charge is -2.23. The number of para-hydroxylation sites is 2. The second-order valence-corrected chi connectivity index (χ2v) is 8.70. The molecule has 2 heterocycles. The predicted molar refractivity (Wildman–Crippen MR) is 118 cm³/mol. The Morgan fingerprint density at radius 1 is 1.10 bits per heavy atom. The summed E-state index contributed by atoms with van der Waals surface area (Å²) in [7, 11) is 2.02. The smallest absolute Gasteiger partial charge is 0.196 e. The number of nitrogens with zero attached hydrogens (tertiary/aromatic N) is 4. The number of ketones is 1. The zero-order valence-corrected chi connectivity index (χ0v) is 17.9. The van der Waals surface area contributed by atoms with Gasteiger partial charge in [0.1, 0.15) is 6.33 Å². The molecule has 0 bridgehead atoms. The molecule has 0 N–H and O–H groups in total. The second kappa shape index (κ2) is 7.52. The van der Waals surface area contributed by atoms with E-state index in [-0.39, 0.29) is 11.2 Å². The molecule has 6 heteroatoms. The maximum absolute atomic E-state index is 12.8. The van der Waals surface area contributed by atoms with E-state index in [9.17, 15) is 4.79 Å². The van der Waals surface area contributed by atoms with Crippen LogP contribution in [-0.4, -0.2) is 33.3 Å². The zero-order valence-electron chi connectivity index (χ0n) is 17.1. The quantitative estimate of drug-likeness (QED) is 0.461. The molecule has 148 valence electrons. The summed E-state index contributed by atoms with van der Waals surface area (Å²) in [5.74, 6) is 0.381. The Morgan fingerprint density at radius 2 is 1.79 bits per heavy atom. The van der Waals surface area contributed by atoms with Crippen molar-refractivity contribution in [2.75, 3.05) is 17.7 Å². The molecule has 3 aromatic rings. The van der Waals surface area contributed by atoms with Crippen LogP contribution in [0.2, 0.25) is 0 Å². The first-order valence-corrected chi connectivity index (χ1v) is 10.5. The van der Waals surface area contributed by atoms with Crippen LogP contribution in [0, 0.1) is 6.92 Å². The Bertz CT molecular complexity index is 1100. The van der Waals surface area contributed by atoms with E-state index in [0.29, 0.717) is 10.9 Å². The van der Waals surface area contributed by atoms with Gasteiger partial charge in [0, 0.05) is 29.9 Å². The molecule has 1 aliphatic heterocycles. The number of allylic oxidation sites excluding steroid dienone is 2. The minimum atomic E-state index is -0.202. The Labute approximate surface area is 175 Å². The molecule has 5 nitrogen and oxygen atoms in total. The van der Waals surface area contributed by atoms with Crippen molar-refractivity contribution in [3.8, 4) is 5.69 Å². The van der Waals surface area contributed by atoms with Crippen molar-refractivity contribution >= 4 is 23.2 Å². The monoisotopic (exact) mass is 404 g/mol. The first kappa shape index (κ1) is 19.5. The maximum atomic E-state index is 12.8. The van der Waals surface area contributed by atoms with Gasteiger partial charge in [-0.2, -0.15) is 0 Å². The lowest BCUT2D eigenvalue weighted by molar-refractivity contribution is -0.112. The molecule has 0 unspecified atom stereocenters. The van der Waals surface area contributed by atoms with Crippen molar-refractivity contribution in [2.45, 2.75) is 31.3 Å². The molecule has 0 aliphatic carbocycles. The highest BCUT2D eigenvalue weighted by Gasteiger charge is 2.38. The van der Waals surface area contributed by atoms with Gasteiger partial charge in [0.2, 0.25) is 0 Å². The molecular weight excluding hydrogens is 380 g/mol. The van der Waals surface area contributed by atoms with E-state index in [1.54, 1.807) is 12.4 Å². The van der Waals surface area contributed by atoms with Gasteiger partial charge in [0.25, 0.3) is 0 Å². The summed E-state index contributed by atoms with van der Waals surface area (Å²) in [4.78, 5) is 14.9. The van der Waals surface area contributed by atoms with Crippen molar-refractivity contribution in [1.29, 1.82) is 0 Å². The molecule has 1 aromatic heterocycles. The number of thioether (sulfide) groups is 1. The lowest BCUT2D eigenvalue weighted by atomic mass is 9.83. The molecule has 0 saturated heterocycles. The van der Waals surface area contributed by atoms with Crippen molar-refractivity contribution < 1.29 is 4.79 Å². The van der Waals surface area contributed by atoms with Gasteiger partial charge in [-0.25, -0.2) is 0 Å². The number of hydrogen-bond acceptors (Lipinski definition) is 5. The van der Waals surface area contributed by atoms with Crippen molar-refractivity contribution in [3.05, 3.63) is 77.8 Å². The van der Waals surface area contributed by atoms with Gasteiger partial charge in [-0.1, -0.05) is 62.0 Å². The average molecular weight is 405 g/mol. The Kier molecular flexibility index (Phi) is 5.04. The third-order valence-corrected chi connectivity index (χ3v) is 6.44. The second-order valence-electron chi connectivity index (χ2n) is 7.76. The molecule has 0 saturated carbocycles. The number of likely N-dealkylation sites (N-methyl/N-ethyl adjacent to an activating group) is 1. The van der Waals surface area contributed by atoms with Crippen LogP contribution in [0.15, 0.2) is 71.8 Å². The van der Waals surface area contributed by atoms with Crippen molar-refractivity contribution in [1.82, 2.24) is 14.8 Å². The molecular formula is C23H24N4OS. The number of rotatable bonds is 5. The van der Waals surface area contributed by atoms with E-state index in [4.69, 9.17) is 0 Å². The zero-order chi connectivity index (χ0) is 20.6. The van der Waals surface area contributed by atoms with E-state index < -0.39 is 0 Å². The molecule has 0 amide bonds. The van der Waals surface area contributed by atoms with Crippen LogP contribution in [0.25, 0.3) is 5.69 Å². The summed E-state index contributed by atoms with van der Waals surface area (Å²) >= 11 is 1.41. The third kappa shape index (κ3) is 3.49. The lowest BCUT2D eigenvalue weighted by Crippen LogP contribution is -2.24. The molecule has 2 aromatic carbocycles. The number of benzene rings is 2. The Hall–Kier alpha value is -2.86. The fraction of sp³-hybridized carbons (Fsp3) is 0.261. The topological polar surface area (TPSA) is 51.0 Å². The van der Waals surface area contributed by atoms with Gasteiger partial charge >= 0.3 is 0 Å². The molecule has 1 aliphatic rings. The number of anilines is 1. The minimum absolute atomic E-state index is 0.0667. The SMILES string of the molecule is Cc1ccccc1-n1cnnc1SCC(=O)/C=C1\N(C)c2ccccc2C1(C)C. The van der Waals surface area contributed by atoms with Crippen LogP contribution >= 0.6 is 11.8 Å². The molecule has 0 atom stereocenters. The molecule has 0 radical (unpaired) electrons. The predicted octanol–water partition coefficient (Wildman–Crippen LogP) is 4.55. The van der Waals surface area contributed by atoms with Crippen LogP contribution in [0.1, 0.15) is 25.0 Å². The highest BCUT2D eigenvalue weighted by Crippen LogP contribution is 2.46. The van der Waals surface area contributed by atoms with Crippen LogP contribution in [-0.2, 0) is 10.2 Å². The summed E-state index contributed by atoms with van der Waals surface area (Å²) in [5, 5.41) is 8.96. The number of carbonyl (C=O) groups excluding carboxylic acids is 1. The highest BCUT2D eigenvalue weighted by molar-refractivity contribution is 7.99. The molecule has 0 fully saturated rings. The Balaban J connectivity index is 1.53. The van der Waals surface area contributed by atoms with E-state index in [2.05, 4.69) is 54.1 Å². The summed E-state index contributed by atoms with van der Waals surface area (Å²) in [5.41, 5.74) is 5.38. The standard InChI is InChI=1S/C23H24N4OS/c1-16-9-5-7-11-19(16)27-15-24-25-22(27)29-14-17(28)13-21-23(2,3)18-10-6-8-12-20(18)26(21)4/h5-13,15H,14H2,1-4H3/b21-13-. The number of carbonyl (C=O) groups is 1. The fourth-order valence-corrected chi connectivity index (χ4v) is 4.65. The van der Waals surface area contributed by atoms with E-state index in [0.717, 1.165) is 22.6 Å². The molecule has 29 heavy (non-hydrogen) atoms. The number of hydrogen-bond donors (Lipinski definition) is 0. The molecule has 4 rings (SSSR count). The van der Waals surface area contributed by atoms with E-state index in [1.165, 1.54) is 17.3 Å². The van der Waals surface area contributed by atoms with Gasteiger partial charge in [-0.05, 0) is 30.2 Å². The maximum Gasteiger partial charge on any atom is 0.196 e. The van der Waals surface area contributed by atoms with Crippen molar-refractivity contribution in [3.63, 3.8) is 0 Å². The van der Waals surface area contributed by atoms with Crippen LogP contribution in [0.3, 0.4) is 0 Å². The van der Waals surface area contributed by atoms with Crippen LogP contribution in [0.4, 0.5) is 5.69 Å². The largest absolute Gasteiger partial charge is 0.347 e. The van der Waals surface area contributed by atoms with Gasteiger partial charge in [-0.3, -0.25) is 9.36 Å². The summed E-state index contributed by atoms with van der Waals surface area (Å²) in [6.07, 6.45) is 3.47. The first-order chi connectivity index (χ1) is 13.9. The van der Waals surface area contributed by atoms with Crippen molar-refractivity contribution in [2.24, 2.45) is 0 Å². The normalized spacial score (nSPS) is 16.3. The summed E-state index contributed by atoms with van der Waals surface area (Å²) in [6.45, 7) is 6.38. The van der Waals surface area contributed by atoms with Crippen LogP contribution in [0.5, 0.6) is 0 Å². The fourth-order valence-electron chi connectivity index (χ4n) is 3.91. The van der Waals surface area contributed by atoms with Gasteiger partial charge < -0.3 is 4.90 Å². The Morgan fingerprint density at radius 3 is 2.52 bits per heavy atom. The third-order valence-electron chi connectivity index (χ3n) is 5.47. The van der Waals surface area contributed by atoms with Crippen LogP contribution < -0.4 is 4.90 Å². The van der Waals surface area contributed by atoms with Gasteiger partial charge in [0.05, 0.1) is 11.4 Å². The van der Waals surface area contributed by atoms with E-state index in [1.807, 2.05) is 41.9 Å². The van der Waals surface area contributed by atoms with E-state index >= 15 is 0 Å². The molecule has 0 spiro atoms. The number of aromatic nitrogens is 3. The number of fused-ring (bicyclic) bond motifs is 1. The minimum Gasteiger partial charge on any atom is -0.347 e. The average Bonchev–Trinajstić information content (AvgIpc) is 3.24. The summed E-state index contributed by atoms with van der Waals surface area (Å²) in [6, 6.07) is 16.4. The van der Waals surface area contributed by atoms with Gasteiger partial charge in [-0.15, -0.1) is 10.2 Å². The number of aryl methyl sites for hydroxylation is 1. The first-order valence-electron chi connectivity index (χ1n) is 9.56. The van der Waals surface area contributed by atoms with Gasteiger partial charge in [0.15, 0.2) is 10.9 Å². The summed E-state index contributed by atoms with van der Waals surface area (Å²) < 4.78 is 1.93.